The molecule has 0 aromatic carbocycles. The highest BCUT2D eigenvalue weighted by molar-refractivity contribution is 4.90. The molecule has 1 aliphatic heterocycles. The van der Waals surface area contributed by atoms with Gasteiger partial charge in [-0.05, 0) is 6.92 Å². The van der Waals surface area contributed by atoms with Gasteiger partial charge in [0.15, 0.2) is 0 Å². The van der Waals surface area contributed by atoms with E-state index in [2.05, 4.69) is 13.8 Å². The predicted molar refractivity (Wildman–Crippen MR) is 37.2 cm³/mol. The quantitative estimate of drug-likeness (QED) is 0.524. The van der Waals surface area contributed by atoms with Crippen molar-refractivity contribution in [2.75, 3.05) is 6.61 Å². The lowest BCUT2D eigenvalue weighted by atomic mass is 9.86. The summed E-state index contributed by atoms with van der Waals surface area (Å²) in [4.78, 5) is 0. The average Bonchev–Trinajstić information content (AvgIpc) is 1.97. The molecule has 1 rings (SSSR count). The fraction of sp³-hybridized carbons (Fsp3) is 1.00. The van der Waals surface area contributed by atoms with Crippen LogP contribution in [0.15, 0.2) is 0 Å². The largest absolute Gasteiger partial charge is 0.376 e. The van der Waals surface area contributed by atoms with E-state index in [0.29, 0.717) is 0 Å². The maximum Gasteiger partial charge on any atom is 0.0704 e. The molecule has 0 spiro atoms. The van der Waals surface area contributed by atoms with Crippen LogP contribution in [0, 0.1) is 5.41 Å². The molecule has 0 amide bonds. The molecule has 9 heavy (non-hydrogen) atoms. The zero-order valence-corrected chi connectivity index (χ0v) is 6.35. The zero-order chi connectivity index (χ0) is 7.07. The number of hydrogen-bond donors (Lipinski definition) is 1. The van der Waals surface area contributed by atoms with Crippen LogP contribution in [0.3, 0.4) is 0 Å². The van der Waals surface area contributed by atoms with Crippen molar-refractivity contribution in [2.45, 2.75) is 32.9 Å². The van der Waals surface area contributed by atoms with E-state index in [-0.39, 0.29) is 17.6 Å². The molecule has 0 aromatic rings. The number of ether oxygens (including phenoxy) is 1. The van der Waals surface area contributed by atoms with E-state index in [1.54, 1.807) is 0 Å². The van der Waals surface area contributed by atoms with Crippen LogP contribution in [-0.4, -0.2) is 18.8 Å². The van der Waals surface area contributed by atoms with Gasteiger partial charge in [-0.15, -0.1) is 0 Å². The summed E-state index contributed by atoms with van der Waals surface area (Å²) in [5, 5.41) is 0. The van der Waals surface area contributed by atoms with Gasteiger partial charge in [0.05, 0.1) is 12.7 Å². The van der Waals surface area contributed by atoms with E-state index in [0.717, 1.165) is 6.61 Å². The first-order valence-corrected chi connectivity index (χ1v) is 3.41. The summed E-state index contributed by atoms with van der Waals surface area (Å²) in [6, 6.07) is 0.206. The van der Waals surface area contributed by atoms with E-state index in [1.165, 1.54) is 0 Å². The molecule has 0 unspecified atom stereocenters. The van der Waals surface area contributed by atoms with Crippen molar-refractivity contribution in [1.82, 2.24) is 0 Å². The van der Waals surface area contributed by atoms with Crippen LogP contribution in [0.5, 0.6) is 0 Å². The average molecular weight is 129 g/mol. The Kier molecular flexibility index (Phi) is 1.53. The Morgan fingerprint density at radius 1 is 1.56 bits per heavy atom. The Morgan fingerprint density at radius 2 is 2.11 bits per heavy atom. The normalized spacial score (nSPS) is 41.3. The van der Waals surface area contributed by atoms with Crippen LogP contribution in [0.25, 0.3) is 0 Å². The van der Waals surface area contributed by atoms with Crippen LogP contribution in [0.4, 0.5) is 0 Å². The second kappa shape index (κ2) is 1.96. The highest BCUT2D eigenvalue weighted by Crippen LogP contribution is 2.29. The lowest BCUT2D eigenvalue weighted by Crippen LogP contribution is -2.39. The minimum Gasteiger partial charge on any atom is -0.376 e. The van der Waals surface area contributed by atoms with Gasteiger partial charge in [0.2, 0.25) is 0 Å². The van der Waals surface area contributed by atoms with Crippen LogP contribution in [0.2, 0.25) is 0 Å². The van der Waals surface area contributed by atoms with Crippen molar-refractivity contribution in [1.29, 1.82) is 0 Å². The highest BCUT2D eigenvalue weighted by Gasteiger charge is 2.37. The van der Waals surface area contributed by atoms with E-state index >= 15 is 0 Å². The third-order valence-corrected chi connectivity index (χ3v) is 2.13. The monoisotopic (exact) mass is 129 g/mol. The molecule has 2 atom stereocenters. The van der Waals surface area contributed by atoms with Gasteiger partial charge in [0.25, 0.3) is 0 Å². The summed E-state index contributed by atoms with van der Waals surface area (Å²) >= 11 is 0. The van der Waals surface area contributed by atoms with Crippen molar-refractivity contribution >= 4 is 0 Å². The third-order valence-electron chi connectivity index (χ3n) is 2.13. The maximum absolute atomic E-state index is 5.83. The van der Waals surface area contributed by atoms with Gasteiger partial charge < -0.3 is 10.5 Å². The standard InChI is InChI=1S/C7H15NO/c1-5-6(8)7(2,3)4-9-5/h5-6H,4,8H2,1-3H3/t5-,6+/m1/s1. The second-order valence-corrected chi connectivity index (χ2v) is 3.53. The molecular weight excluding hydrogens is 114 g/mol. The first-order valence-electron chi connectivity index (χ1n) is 3.41. The lowest BCUT2D eigenvalue weighted by molar-refractivity contribution is 0.109. The first-order chi connectivity index (χ1) is 4.04. The Labute approximate surface area is 56.4 Å². The Hall–Kier alpha value is -0.0800. The molecule has 54 valence electrons. The van der Waals surface area contributed by atoms with E-state index in [9.17, 15) is 0 Å². The Balaban J connectivity index is 2.62. The summed E-state index contributed by atoms with van der Waals surface area (Å²) in [5.74, 6) is 0. The van der Waals surface area contributed by atoms with Gasteiger partial charge >= 0.3 is 0 Å². The third kappa shape index (κ3) is 1.10. The molecular formula is C7H15NO. The Bertz CT molecular complexity index is 111. The molecule has 0 bridgehead atoms. The van der Waals surface area contributed by atoms with Gasteiger partial charge in [-0.25, -0.2) is 0 Å². The molecule has 2 nitrogen and oxygen atoms in total. The van der Waals surface area contributed by atoms with E-state index in [4.69, 9.17) is 10.5 Å². The molecule has 1 saturated heterocycles. The number of rotatable bonds is 0. The van der Waals surface area contributed by atoms with Crippen LogP contribution in [-0.2, 0) is 4.74 Å². The smallest absolute Gasteiger partial charge is 0.0704 e. The van der Waals surface area contributed by atoms with E-state index in [1.807, 2.05) is 6.92 Å². The maximum atomic E-state index is 5.83. The predicted octanol–water partition coefficient (Wildman–Crippen LogP) is 0.759. The van der Waals surface area contributed by atoms with Crippen molar-refractivity contribution in [2.24, 2.45) is 11.1 Å². The lowest BCUT2D eigenvalue weighted by Gasteiger charge is -2.21. The van der Waals surface area contributed by atoms with Gasteiger partial charge in [-0.1, -0.05) is 13.8 Å². The summed E-state index contributed by atoms with van der Waals surface area (Å²) in [6.45, 7) is 7.11. The van der Waals surface area contributed by atoms with Gasteiger partial charge in [-0.3, -0.25) is 0 Å². The molecule has 1 fully saturated rings. The first kappa shape index (κ1) is 7.03. The fourth-order valence-corrected chi connectivity index (χ4v) is 1.18. The topological polar surface area (TPSA) is 35.2 Å². The zero-order valence-electron chi connectivity index (χ0n) is 6.35. The fourth-order valence-electron chi connectivity index (χ4n) is 1.18. The molecule has 2 heteroatoms. The number of hydrogen-bond acceptors (Lipinski definition) is 2. The minimum atomic E-state index is 0.180. The molecule has 0 aromatic heterocycles. The van der Waals surface area contributed by atoms with Crippen LogP contribution >= 0.6 is 0 Å². The summed E-state index contributed by atoms with van der Waals surface area (Å²) in [5.41, 5.74) is 6.01. The molecule has 0 radical (unpaired) electrons. The summed E-state index contributed by atoms with van der Waals surface area (Å²) in [7, 11) is 0. The molecule has 1 aliphatic rings. The summed E-state index contributed by atoms with van der Waals surface area (Å²) in [6.07, 6.45) is 0.236. The molecule has 2 N–H and O–H groups in total. The van der Waals surface area contributed by atoms with Gasteiger partial charge in [0, 0.05) is 11.5 Å². The van der Waals surface area contributed by atoms with Crippen LogP contribution in [0.1, 0.15) is 20.8 Å². The van der Waals surface area contributed by atoms with Gasteiger partial charge in [-0.2, -0.15) is 0 Å². The second-order valence-electron chi connectivity index (χ2n) is 3.53. The van der Waals surface area contributed by atoms with Crippen molar-refractivity contribution in [3.8, 4) is 0 Å². The molecule has 0 aliphatic carbocycles. The van der Waals surface area contributed by atoms with Gasteiger partial charge in [0.1, 0.15) is 0 Å². The van der Waals surface area contributed by atoms with E-state index < -0.39 is 0 Å². The number of nitrogens with two attached hydrogens (primary N) is 1. The molecule has 1 heterocycles. The van der Waals surface area contributed by atoms with Crippen molar-refractivity contribution < 1.29 is 4.74 Å². The highest BCUT2D eigenvalue weighted by atomic mass is 16.5. The Morgan fingerprint density at radius 3 is 2.22 bits per heavy atom. The molecule has 0 saturated carbocycles. The minimum absolute atomic E-state index is 0.180. The van der Waals surface area contributed by atoms with Crippen LogP contribution < -0.4 is 5.73 Å². The SMILES string of the molecule is C[C@H]1OCC(C)(C)[C@H]1N. The van der Waals surface area contributed by atoms with Crippen molar-refractivity contribution in [3.63, 3.8) is 0 Å². The summed E-state index contributed by atoms with van der Waals surface area (Å²) < 4.78 is 5.36. The van der Waals surface area contributed by atoms with Crippen molar-refractivity contribution in [3.05, 3.63) is 0 Å².